The second-order valence-corrected chi connectivity index (χ2v) is 7.60. The maximum absolute atomic E-state index is 12.3. The highest BCUT2D eigenvalue weighted by Crippen LogP contribution is 2.20. The fourth-order valence-electron chi connectivity index (χ4n) is 2.23. The van der Waals surface area contributed by atoms with E-state index in [1.807, 2.05) is 31.2 Å². The van der Waals surface area contributed by atoms with Gasteiger partial charge in [0.25, 0.3) is 10.0 Å². The maximum Gasteiger partial charge on any atom is 0.261 e. The van der Waals surface area contributed by atoms with Gasteiger partial charge in [0, 0.05) is 10.7 Å². The number of aromatic nitrogens is 1. The van der Waals surface area contributed by atoms with Gasteiger partial charge in [0.2, 0.25) is 0 Å². The van der Waals surface area contributed by atoms with Crippen LogP contribution in [0, 0.1) is 6.92 Å². The molecule has 2 aromatic carbocycles. The van der Waals surface area contributed by atoms with Crippen molar-refractivity contribution in [3.05, 3.63) is 77.4 Å². The van der Waals surface area contributed by atoms with Crippen molar-refractivity contribution in [1.82, 2.24) is 4.98 Å². The number of sulfonamides is 1. The Morgan fingerprint density at radius 3 is 2.36 bits per heavy atom. The maximum atomic E-state index is 12.3. The van der Waals surface area contributed by atoms with Gasteiger partial charge in [-0.1, -0.05) is 23.7 Å². The minimum Gasteiger partial charge on any atom is -0.340 e. The van der Waals surface area contributed by atoms with Crippen LogP contribution in [0.5, 0.6) is 0 Å². The molecule has 0 saturated heterocycles. The van der Waals surface area contributed by atoms with Crippen molar-refractivity contribution in [2.45, 2.75) is 11.8 Å². The molecule has 1 heterocycles. The van der Waals surface area contributed by atoms with Crippen molar-refractivity contribution in [2.24, 2.45) is 0 Å². The van der Waals surface area contributed by atoms with E-state index in [-0.39, 0.29) is 4.90 Å². The van der Waals surface area contributed by atoms with Gasteiger partial charge < -0.3 is 5.32 Å². The van der Waals surface area contributed by atoms with Crippen molar-refractivity contribution in [2.75, 3.05) is 10.0 Å². The third-order valence-electron chi connectivity index (χ3n) is 3.43. The smallest absolute Gasteiger partial charge is 0.261 e. The van der Waals surface area contributed by atoms with Crippen LogP contribution in [0.4, 0.5) is 17.2 Å². The quantitative estimate of drug-likeness (QED) is 0.686. The largest absolute Gasteiger partial charge is 0.340 e. The van der Waals surface area contributed by atoms with Crippen molar-refractivity contribution in [3.63, 3.8) is 0 Å². The molecule has 1 aromatic heterocycles. The lowest BCUT2D eigenvalue weighted by molar-refractivity contribution is 0.601. The highest BCUT2D eigenvalue weighted by molar-refractivity contribution is 7.92. The fourth-order valence-corrected chi connectivity index (χ4v) is 3.40. The van der Waals surface area contributed by atoms with E-state index in [0.29, 0.717) is 16.5 Å². The molecule has 25 heavy (non-hydrogen) atoms. The van der Waals surface area contributed by atoms with Crippen LogP contribution in [0.25, 0.3) is 0 Å². The molecule has 0 bridgehead atoms. The minimum absolute atomic E-state index is 0.138. The SMILES string of the molecule is Cc1cccc(Nc2ccc(NS(=O)(=O)c3ccc(Cl)cc3)cn2)c1. The number of aryl methyl sites for hydroxylation is 1. The van der Waals surface area contributed by atoms with Crippen LogP contribution in [0.3, 0.4) is 0 Å². The van der Waals surface area contributed by atoms with E-state index in [1.54, 1.807) is 12.1 Å². The van der Waals surface area contributed by atoms with Gasteiger partial charge in [-0.2, -0.15) is 0 Å². The van der Waals surface area contributed by atoms with Gasteiger partial charge >= 0.3 is 0 Å². The molecule has 0 atom stereocenters. The Balaban J connectivity index is 1.73. The Morgan fingerprint density at radius 2 is 1.72 bits per heavy atom. The number of halogens is 1. The third-order valence-corrected chi connectivity index (χ3v) is 5.08. The number of hydrogen-bond acceptors (Lipinski definition) is 4. The number of nitrogens with one attached hydrogen (secondary N) is 2. The van der Waals surface area contributed by atoms with E-state index in [4.69, 9.17) is 11.6 Å². The summed E-state index contributed by atoms with van der Waals surface area (Å²) in [6, 6.07) is 17.2. The second-order valence-electron chi connectivity index (χ2n) is 5.49. The lowest BCUT2D eigenvalue weighted by Crippen LogP contribution is -2.13. The Morgan fingerprint density at radius 1 is 0.960 bits per heavy atom. The molecular formula is C18H16ClN3O2S. The van der Waals surface area contributed by atoms with E-state index in [1.165, 1.54) is 30.5 Å². The monoisotopic (exact) mass is 373 g/mol. The van der Waals surface area contributed by atoms with E-state index in [2.05, 4.69) is 15.0 Å². The molecule has 0 amide bonds. The summed E-state index contributed by atoms with van der Waals surface area (Å²) >= 11 is 5.78. The van der Waals surface area contributed by atoms with Crippen LogP contribution in [0.2, 0.25) is 5.02 Å². The zero-order valence-corrected chi connectivity index (χ0v) is 15.0. The zero-order valence-electron chi connectivity index (χ0n) is 13.4. The summed E-state index contributed by atoms with van der Waals surface area (Å²) in [6.45, 7) is 2.01. The topological polar surface area (TPSA) is 71.1 Å². The Hall–Kier alpha value is -2.57. The highest BCUT2D eigenvalue weighted by Gasteiger charge is 2.14. The van der Waals surface area contributed by atoms with E-state index < -0.39 is 10.0 Å². The molecule has 0 saturated carbocycles. The Labute approximate surface area is 151 Å². The first-order valence-corrected chi connectivity index (χ1v) is 9.37. The van der Waals surface area contributed by atoms with Gasteiger partial charge in [-0.25, -0.2) is 13.4 Å². The lowest BCUT2D eigenvalue weighted by atomic mass is 10.2. The van der Waals surface area contributed by atoms with Gasteiger partial charge in [-0.05, 0) is 61.0 Å². The first-order valence-electron chi connectivity index (χ1n) is 7.50. The number of nitrogens with zero attached hydrogens (tertiary/aromatic N) is 1. The summed E-state index contributed by atoms with van der Waals surface area (Å²) < 4.78 is 27.2. The zero-order chi connectivity index (χ0) is 17.9. The molecule has 0 aliphatic heterocycles. The van der Waals surface area contributed by atoms with Crippen LogP contribution in [-0.2, 0) is 10.0 Å². The summed E-state index contributed by atoms with van der Waals surface area (Å²) in [7, 11) is -3.68. The van der Waals surface area contributed by atoms with Gasteiger partial charge in [0.1, 0.15) is 5.82 Å². The Bertz CT molecular complexity index is 972. The Kier molecular flexibility index (Phi) is 4.92. The number of hydrogen-bond donors (Lipinski definition) is 2. The number of anilines is 3. The fraction of sp³-hybridized carbons (Fsp3) is 0.0556. The minimum atomic E-state index is -3.68. The molecule has 0 unspecified atom stereocenters. The third kappa shape index (κ3) is 4.49. The van der Waals surface area contributed by atoms with E-state index >= 15 is 0 Å². The lowest BCUT2D eigenvalue weighted by Gasteiger charge is -2.10. The predicted octanol–water partition coefficient (Wildman–Crippen LogP) is 4.59. The summed E-state index contributed by atoms with van der Waals surface area (Å²) in [4.78, 5) is 4.37. The molecule has 5 nitrogen and oxygen atoms in total. The molecule has 128 valence electrons. The van der Waals surface area contributed by atoms with Crippen molar-refractivity contribution < 1.29 is 8.42 Å². The summed E-state index contributed by atoms with van der Waals surface area (Å²) in [5.41, 5.74) is 2.43. The normalized spacial score (nSPS) is 11.1. The van der Waals surface area contributed by atoms with Gasteiger partial charge in [0.05, 0.1) is 16.8 Å². The number of benzene rings is 2. The average molecular weight is 374 g/mol. The standard InChI is InChI=1S/C18H16ClN3O2S/c1-13-3-2-4-15(11-13)21-18-10-7-16(12-20-18)22-25(23,24)17-8-5-14(19)6-9-17/h2-12,22H,1H3,(H,20,21). The number of rotatable bonds is 5. The molecular weight excluding hydrogens is 358 g/mol. The molecule has 7 heteroatoms. The van der Waals surface area contributed by atoms with Crippen LogP contribution in [0.15, 0.2) is 71.8 Å². The van der Waals surface area contributed by atoms with Crippen LogP contribution in [0.1, 0.15) is 5.56 Å². The van der Waals surface area contributed by atoms with Crippen molar-refractivity contribution in [1.29, 1.82) is 0 Å². The van der Waals surface area contributed by atoms with Crippen LogP contribution in [-0.4, -0.2) is 13.4 Å². The summed E-state index contributed by atoms with van der Waals surface area (Å²) in [6.07, 6.45) is 1.46. The molecule has 3 rings (SSSR count). The molecule has 0 aliphatic carbocycles. The summed E-state index contributed by atoms with van der Waals surface area (Å²) in [5, 5.41) is 3.65. The molecule has 3 aromatic rings. The summed E-state index contributed by atoms with van der Waals surface area (Å²) in [5.74, 6) is 0.625. The molecule has 2 N–H and O–H groups in total. The van der Waals surface area contributed by atoms with Gasteiger partial charge in [-0.3, -0.25) is 4.72 Å². The first kappa shape index (κ1) is 17.3. The van der Waals surface area contributed by atoms with Crippen molar-refractivity contribution >= 4 is 38.8 Å². The van der Waals surface area contributed by atoms with E-state index in [0.717, 1.165) is 11.3 Å². The highest BCUT2D eigenvalue weighted by atomic mass is 35.5. The van der Waals surface area contributed by atoms with Gasteiger partial charge in [0.15, 0.2) is 0 Å². The van der Waals surface area contributed by atoms with Crippen LogP contribution < -0.4 is 10.0 Å². The second kappa shape index (κ2) is 7.13. The molecule has 0 spiro atoms. The van der Waals surface area contributed by atoms with Crippen LogP contribution >= 0.6 is 11.6 Å². The predicted molar refractivity (Wildman–Crippen MR) is 101 cm³/mol. The van der Waals surface area contributed by atoms with E-state index in [9.17, 15) is 8.42 Å². The molecule has 0 radical (unpaired) electrons. The molecule has 0 aliphatic rings. The van der Waals surface area contributed by atoms with Gasteiger partial charge in [-0.15, -0.1) is 0 Å². The number of pyridine rings is 1. The average Bonchev–Trinajstić information content (AvgIpc) is 2.57. The molecule has 0 fully saturated rings. The van der Waals surface area contributed by atoms with Crippen molar-refractivity contribution in [3.8, 4) is 0 Å². The first-order chi connectivity index (χ1) is 11.9.